The molecule has 0 amide bonds. The highest BCUT2D eigenvalue weighted by molar-refractivity contribution is 6.36. The van der Waals surface area contributed by atoms with Gasteiger partial charge >= 0.3 is 5.97 Å². The molecule has 4 aliphatic rings. The van der Waals surface area contributed by atoms with Crippen molar-refractivity contribution in [2.24, 2.45) is 17.8 Å². The summed E-state index contributed by atoms with van der Waals surface area (Å²) in [6.07, 6.45) is 9.36. The molecule has 1 heterocycles. The van der Waals surface area contributed by atoms with Crippen LogP contribution in [0.3, 0.4) is 0 Å². The van der Waals surface area contributed by atoms with Crippen molar-refractivity contribution in [3.05, 3.63) is 58.1 Å². The Morgan fingerprint density at radius 1 is 1.15 bits per heavy atom. The van der Waals surface area contributed by atoms with Gasteiger partial charge in [0, 0.05) is 25.6 Å². The van der Waals surface area contributed by atoms with Gasteiger partial charge < -0.3 is 24.2 Å². The topological polar surface area (TPSA) is 68.2 Å². The third-order valence-electron chi connectivity index (χ3n) is 10.3. The molecular weight excluding hydrogens is 526 g/mol. The van der Waals surface area contributed by atoms with Crippen molar-refractivity contribution >= 4 is 23.3 Å². The second kappa shape index (κ2) is 11.5. The number of hydrogen-bond donors (Lipinski definition) is 1. The van der Waals surface area contributed by atoms with Gasteiger partial charge in [-0.2, -0.15) is 0 Å². The summed E-state index contributed by atoms with van der Waals surface area (Å²) in [5.41, 5.74) is 3.79. The molecular formula is C33H42ClNO5. The highest BCUT2D eigenvalue weighted by Crippen LogP contribution is 2.50. The van der Waals surface area contributed by atoms with E-state index in [1.54, 1.807) is 6.07 Å². The van der Waals surface area contributed by atoms with Crippen LogP contribution in [0.5, 0.6) is 5.75 Å². The summed E-state index contributed by atoms with van der Waals surface area (Å²) in [7, 11) is 3.22. The molecule has 2 saturated carbocycles. The number of methoxy groups -OCH3 is 2. The second-order valence-electron chi connectivity index (χ2n) is 12.5. The number of carbonyl (C=O) groups excluding carboxylic acids is 1. The van der Waals surface area contributed by atoms with Crippen LogP contribution in [0, 0.1) is 17.8 Å². The first-order valence-corrected chi connectivity index (χ1v) is 15.4. The van der Waals surface area contributed by atoms with E-state index in [2.05, 4.69) is 29.2 Å². The number of aliphatic hydroxyl groups excluding tert-OH is 1. The fourth-order valence-corrected chi connectivity index (χ4v) is 8.52. The molecule has 6 atom stereocenters. The molecule has 0 saturated heterocycles. The number of hydrogen-bond acceptors (Lipinski definition) is 6. The Bertz CT molecular complexity index is 1240. The number of aryl methyl sites for hydroxylation is 1. The van der Waals surface area contributed by atoms with E-state index in [0.29, 0.717) is 34.9 Å². The van der Waals surface area contributed by atoms with Crippen LogP contribution in [0.1, 0.15) is 72.9 Å². The standard InChI is InChI=1S/C33H42ClNO5/c1-38-31(22-8-5-10-24(36)17-22)25-13-12-23(25)18-35-19-33(16-6-9-21-7-3-4-11-27(21)33)20-40-28-15-14-26(32(37)39-2)29(34)30(28)35/h3-4,7,11,14-15,22-25,31,36H,5-6,8-10,12-13,16-20H2,1-2H3/t22-,23+,24-,25-,31+,33+/m1/s1. The number of carbonyl (C=O) groups is 1. The number of halogens is 1. The number of rotatable bonds is 6. The van der Waals surface area contributed by atoms with Gasteiger partial charge in [0.1, 0.15) is 5.75 Å². The highest BCUT2D eigenvalue weighted by atomic mass is 35.5. The Balaban J connectivity index is 1.35. The monoisotopic (exact) mass is 567 g/mol. The maximum Gasteiger partial charge on any atom is 0.339 e. The number of ether oxygens (including phenoxy) is 3. The zero-order valence-corrected chi connectivity index (χ0v) is 24.5. The van der Waals surface area contributed by atoms with E-state index in [4.69, 9.17) is 25.8 Å². The summed E-state index contributed by atoms with van der Waals surface area (Å²) in [5, 5.41) is 10.8. The molecule has 3 aliphatic carbocycles. The fourth-order valence-electron chi connectivity index (χ4n) is 8.16. The van der Waals surface area contributed by atoms with Crippen LogP contribution in [0.4, 0.5) is 5.69 Å². The zero-order chi connectivity index (χ0) is 27.9. The summed E-state index contributed by atoms with van der Waals surface area (Å²) in [6.45, 7) is 2.19. The minimum absolute atomic E-state index is 0.151. The fraction of sp³-hybridized carbons (Fsp3) is 0.606. The van der Waals surface area contributed by atoms with Gasteiger partial charge in [0.05, 0.1) is 42.2 Å². The normalized spacial score (nSPS) is 30.4. The van der Waals surface area contributed by atoms with Gasteiger partial charge in [-0.05, 0) is 92.4 Å². The minimum Gasteiger partial charge on any atom is -0.490 e. The predicted octanol–water partition coefficient (Wildman–Crippen LogP) is 6.19. The summed E-state index contributed by atoms with van der Waals surface area (Å²) in [4.78, 5) is 15.1. The van der Waals surface area contributed by atoms with Gasteiger partial charge in [0.2, 0.25) is 0 Å². The number of nitrogens with zero attached hydrogens (tertiary/aromatic N) is 1. The molecule has 1 spiro atoms. The molecule has 2 aromatic carbocycles. The Hall–Kier alpha value is -2.28. The third-order valence-corrected chi connectivity index (χ3v) is 10.6. The molecule has 6 rings (SSSR count). The molecule has 7 heteroatoms. The van der Waals surface area contributed by atoms with Crippen LogP contribution in [-0.4, -0.2) is 57.2 Å². The molecule has 216 valence electrons. The average Bonchev–Trinajstić information content (AvgIpc) is 3.11. The summed E-state index contributed by atoms with van der Waals surface area (Å²) < 4.78 is 17.8. The van der Waals surface area contributed by atoms with Crippen LogP contribution in [0.15, 0.2) is 36.4 Å². The maximum absolute atomic E-state index is 12.6. The van der Waals surface area contributed by atoms with Crippen LogP contribution < -0.4 is 9.64 Å². The lowest BCUT2D eigenvalue weighted by atomic mass is 9.65. The lowest BCUT2D eigenvalue weighted by Crippen LogP contribution is -2.51. The molecule has 6 nitrogen and oxygen atoms in total. The maximum atomic E-state index is 12.6. The molecule has 0 aromatic heterocycles. The highest BCUT2D eigenvalue weighted by Gasteiger charge is 2.46. The lowest BCUT2D eigenvalue weighted by molar-refractivity contribution is -0.0721. The van der Waals surface area contributed by atoms with E-state index in [1.807, 2.05) is 13.2 Å². The van der Waals surface area contributed by atoms with E-state index >= 15 is 0 Å². The van der Waals surface area contributed by atoms with Gasteiger partial charge in [0.15, 0.2) is 0 Å². The molecule has 0 bridgehead atoms. The Morgan fingerprint density at radius 3 is 2.75 bits per heavy atom. The van der Waals surface area contributed by atoms with Crippen LogP contribution >= 0.6 is 11.6 Å². The predicted molar refractivity (Wildman–Crippen MR) is 157 cm³/mol. The van der Waals surface area contributed by atoms with Crippen molar-refractivity contribution in [3.63, 3.8) is 0 Å². The number of anilines is 1. The molecule has 40 heavy (non-hydrogen) atoms. The van der Waals surface area contributed by atoms with Crippen molar-refractivity contribution in [1.29, 1.82) is 0 Å². The minimum atomic E-state index is -0.438. The number of esters is 1. The van der Waals surface area contributed by atoms with Crippen LogP contribution in [0.25, 0.3) is 0 Å². The number of fused-ring (bicyclic) bond motifs is 3. The molecule has 1 aliphatic heterocycles. The SMILES string of the molecule is COC(=O)c1ccc2c(c1Cl)N(C[C@@H]1CC[C@H]1[C@@H](OC)[C@@H]1CCC[C@@H](O)C1)C[C@@]1(CCCc3ccccc31)CO2. The lowest BCUT2D eigenvalue weighted by Gasteiger charge is -2.48. The van der Waals surface area contributed by atoms with Crippen molar-refractivity contribution in [2.75, 3.05) is 38.8 Å². The first-order valence-electron chi connectivity index (χ1n) is 15.0. The summed E-state index contributed by atoms with van der Waals surface area (Å²) in [6, 6.07) is 12.4. The van der Waals surface area contributed by atoms with Crippen molar-refractivity contribution < 1.29 is 24.1 Å². The van der Waals surface area contributed by atoms with E-state index in [9.17, 15) is 9.90 Å². The van der Waals surface area contributed by atoms with Crippen LogP contribution in [-0.2, 0) is 21.3 Å². The summed E-state index contributed by atoms with van der Waals surface area (Å²) >= 11 is 7.03. The van der Waals surface area contributed by atoms with E-state index < -0.39 is 5.97 Å². The van der Waals surface area contributed by atoms with Gasteiger partial charge in [-0.15, -0.1) is 0 Å². The van der Waals surface area contributed by atoms with E-state index in [1.165, 1.54) is 18.2 Å². The second-order valence-corrected chi connectivity index (χ2v) is 12.9. The van der Waals surface area contributed by atoms with E-state index in [0.717, 1.165) is 82.3 Å². The van der Waals surface area contributed by atoms with Gasteiger partial charge in [-0.1, -0.05) is 42.3 Å². The Kier molecular flexibility index (Phi) is 8.04. The van der Waals surface area contributed by atoms with Gasteiger partial charge in [-0.3, -0.25) is 0 Å². The largest absolute Gasteiger partial charge is 0.490 e. The van der Waals surface area contributed by atoms with Crippen molar-refractivity contribution in [2.45, 2.75) is 75.4 Å². The number of benzene rings is 2. The smallest absolute Gasteiger partial charge is 0.339 e. The molecule has 2 aromatic rings. The molecule has 2 fully saturated rings. The van der Waals surface area contributed by atoms with Gasteiger partial charge in [-0.25, -0.2) is 4.79 Å². The zero-order valence-electron chi connectivity index (χ0n) is 23.7. The average molecular weight is 568 g/mol. The molecule has 0 unspecified atom stereocenters. The first-order chi connectivity index (χ1) is 19.4. The van der Waals surface area contributed by atoms with Crippen molar-refractivity contribution in [1.82, 2.24) is 0 Å². The molecule has 0 radical (unpaired) electrons. The van der Waals surface area contributed by atoms with Crippen molar-refractivity contribution in [3.8, 4) is 5.75 Å². The Labute approximate surface area is 242 Å². The number of aliphatic hydroxyl groups is 1. The quantitative estimate of drug-likeness (QED) is 0.420. The van der Waals surface area contributed by atoms with Crippen LogP contribution in [0.2, 0.25) is 5.02 Å². The third kappa shape index (κ3) is 5.01. The summed E-state index contributed by atoms with van der Waals surface area (Å²) in [5.74, 6) is 1.56. The van der Waals surface area contributed by atoms with Gasteiger partial charge in [0.25, 0.3) is 0 Å². The van der Waals surface area contributed by atoms with E-state index in [-0.39, 0.29) is 17.6 Å². The first kappa shape index (κ1) is 27.9. The Morgan fingerprint density at radius 2 is 2.00 bits per heavy atom. The molecule has 1 N–H and O–H groups in total.